The predicted octanol–water partition coefficient (Wildman–Crippen LogP) is 4.32. The molecule has 2 aliphatic carbocycles. The van der Waals surface area contributed by atoms with Crippen molar-refractivity contribution in [3.63, 3.8) is 0 Å². The average Bonchev–Trinajstić information content (AvgIpc) is 3.26. The van der Waals surface area contributed by atoms with Gasteiger partial charge in [0.15, 0.2) is 24.1 Å². The van der Waals surface area contributed by atoms with Crippen LogP contribution < -0.4 is 0 Å². The Labute approximate surface area is 287 Å². The molecule has 9 unspecified atom stereocenters. The van der Waals surface area contributed by atoms with Gasteiger partial charge < -0.3 is 28.8 Å². The zero-order valence-electron chi connectivity index (χ0n) is 29.6. The molecule has 0 saturated heterocycles. The Kier molecular flexibility index (Phi) is 12.4. The van der Waals surface area contributed by atoms with E-state index in [1.54, 1.807) is 65.8 Å². The Morgan fingerprint density at radius 3 is 1.92 bits per heavy atom. The van der Waals surface area contributed by atoms with E-state index < -0.39 is 101 Å². The van der Waals surface area contributed by atoms with E-state index in [0.29, 0.717) is 0 Å². The summed E-state index contributed by atoms with van der Waals surface area (Å²) in [6.07, 6.45) is -4.53. The van der Waals surface area contributed by atoms with E-state index in [9.17, 15) is 33.9 Å². The highest BCUT2D eigenvalue weighted by molar-refractivity contribution is 5.92. The van der Waals surface area contributed by atoms with Crippen LogP contribution in [0.15, 0.2) is 54.6 Å². The first-order valence-corrected chi connectivity index (χ1v) is 16.3. The quantitative estimate of drug-likeness (QED) is 0.246. The van der Waals surface area contributed by atoms with Crippen LogP contribution in [0.5, 0.6) is 0 Å². The molecule has 1 aromatic carbocycles. The number of carbonyl (C=O) groups is 6. The SMILES string of the molecule is C=C1C(OC(=O)c2ccccc2)C(OC(C)=O)C(OC(C)=O)C(C)(C)C=CC(C)C(=O)C2(O)CC(C)C(OC(C)=O)C2C1OC(=O)C(C)C. The number of allylic oxidation sites excluding steroid dienone is 1. The van der Waals surface area contributed by atoms with Gasteiger partial charge in [0.05, 0.1) is 17.4 Å². The molecule has 2 aliphatic rings. The molecule has 0 spiro atoms. The number of hydrogen-bond donors (Lipinski definition) is 1. The van der Waals surface area contributed by atoms with Crippen LogP contribution in [0.4, 0.5) is 0 Å². The number of ketones is 1. The molecule has 0 heterocycles. The largest absolute Gasteiger partial charge is 0.462 e. The fourth-order valence-electron chi connectivity index (χ4n) is 6.62. The minimum Gasteiger partial charge on any atom is -0.462 e. The summed E-state index contributed by atoms with van der Waals surface area (Å²) in [4.78, 5) is 79.2. The van der Waals surface area contributed by atoms with Crippen LogP contribution in [-0.2, 0) is 47.7 Å². The van der Waals surface area contributed by atoms with Crippen LogP contribution in [0.2, 0.25) is 0 Å². The maximum absolute atomic E-state index is 14.3. The standard InChI is InChI=1S/C37H48O12/c1-19(2)34(42)48-29-22(5)30(49-35(43)26-14-12-11-13-15-26)31(46-24(7)39)33(47-25(8)40)36(9,10)17-16-20(3)32(41)37(44)18-21(4)28(27(29)37)45-23(6)38/h11-17,19-21,27-31,33,44H,5,18H2,1-4,6-10H3. The smallest absolute Gasteiger partial charge is 0.338 e. The summed E-state index contributed by atoms with van der Waals surface area (Å²) >= 11 is 0. The van der Waals surface area contributed by atoms with E-state index in [0.717, 1.165) is 13.8 Å². The van der Waals surface area contributed by atoms with E-state index in [1.165, 1.54) is 25.1 Å². The minimum absolute atomic E-state index is 0.106. The zero-order valence-corrected chi connectivity index (χ0v) is 29.6. The van der Waals surface area contributed by atoms with Gasteiger partial charge in [-0.05, 0) is 24.5 Å². The van der Waals surface area contributed by atoms with Crippen molar-refractivity contribution in [3.05, 3.63) is 60.2 Å². The number of ether oxygens (including phenoxy) is 5. The van der Waals surface area contributed by atoms with Crippen molar-refractivity contribution in [3.8, 4) is 0 Å². The summed E-state index contributed by atoms with van der Waals surface area (Å²) in [5, 5.41) is 12.4. The fourth-order valence-corrected chi connectivity index (χ4v) is 6.62. The number of hydrogen-bond acceptors (Lipinski definition) is 12. The number of fused-ring (bicyclic) bond motifs is 1. The molecule has 12 nitrogen and oxygen atoms in total. The third kappa shape index (κ3) is 8.83. The van der Waals surface area contributed by atoms with Crippen molar-refractivity contribution < 1.29 is 57.6 Å². The number of esters is 5. The molecule has 0 amide bonds. The van der Waals surface area contributed by atoms with Gasteiger partial charge in [-0.2, -0.15) is 0 Å². The predicted molar refractivity (Wildman–Crippen MR) is 175 cm³/mol. The first-order valence-electron chi connectivity index (χ1n) is 16.3. The molecular formula is C37H48O12. The van der Waals surface area contributed by atoms with Crippen molar-refractivity contribution in [1.29, 1.82) is 0 Å². The second-order valence-electron chi connectivity index (χ2n) is 13.9. The lowest BCUT2D eigenvalue weighted by atomic mass is 9.72. The number of aliphatic hydroxyl groups is 1. The Morgan fingerprint density at radius 1 is 0.837 bits per heavy atom. The van der Waals surface area contributed by atoms with E-state index in [4.69, 9.17) is 23.7 Å². The van der Waals surface area contributed by atoms with Gasteiger partial charge in [-0.1, -0.05) is 78.5 Å². The molecule has 3 rings (SSSR count). The van der Waals surface area contributed by atoms with Gasteiger partial charge in [0.1, 0.15) is 17.8 Å². The van der Waals surface area contributed by atoms with Crippen LogP contribution in [-0.4, -0.2) is 76.9 Å². The topological polar surface area (TPSA) is 169 Å². The lowest BCUT2D eigenvalue weighted by Gasteiger charge is -2.44. The normalized spacial score (nSPS) is 31.4. The van der Waals surface area contributed by atoms with Crippen LogP contribution in [0.1, 0.15) is 79.1 Å². The Balaban J connectivity index is 2.46. The van der Waals surface area contributed by atoms with Crippen molar-refractivity contribution in [1.82, 2.24) is 0 Å². The van der Waals surface area contributed by atoms with Crippen molar-refractivity contribution in [2.75, 3.05) is 0 Å². The van der Waals surface area contributed by atoms with E-state index >= 15 is 0 Å². The molecule has 1 fully saturated rings. The molecule has 268 valence electrons. The minimum atomic E-state index is -2.24. The Bertz CT molecular complexity index is 1480. The lowest BCUT2D eigenvalue weighted by Crippen LogP contribution is -2.58. The molecule has 49 heavy (non-hydrogen) atoms. The number of carbonyl (C=O) groups excluding carboxylic acids is 6. The third-order valence-corrected chi connectivity index (χ3v) is 9.00. The molecule has 0 bridgehead atoms. The summed E-state index contributed by atoms with van der Waals surface area (Å²) < 4.78 is 29.4. The Hall–Kier alpha value is -4.32. The van der Waals surface area contributed by atoms with Gasteiger partial charge in [-0.25, -0.2) is 4.79 Å². The summed E-state index contributed by atoms with van der Waals surface area (Å²) in [7, 11) is 0. The van der Waals surface area contributed by atoms with Crippen molar-refractivity contribution >= 4 is 35.6 Å². The second kappa shape index (κ2) is 15.5. The Morgan fingerprint density at radius 2 is 1.39 bits per heavy atom. The lowest BCUT2D eigenvalue weighted by molar-refractivity contribution is -0.186. The highest BCUT2D eigenvalue weighted by atomic mass is 16.6. The molecule has 0 aromatic heterocycles. The van der Waals surface area contributed by atoms with Gasteiger partial charge in [0.2, 0.25) is 0 Å². The van der Waals surface area contributed by atoms with Crippen LogP contribution in [0.3, 0.4) is 0 Å². The van der Waals surface area contributed by atoms with Crippen LogP contribution in [0, 0.1) is 29.1 Å². The highest BCUT2D eigenvalue weighted by Crippen LogP contribution is 2.49. The van der Waals surface area contributed by atoms with Gasteiger partial charge >= 0.3 is 29.8 Å². The van der Waals surface area contributed by atoms with Gasteiger partial charge in [0.25, 0.3) is 0 Å². The number of benzene rings is 1. The third-order valence-electron chi connectivity index (χ3n) is 9.00. The van der Waals surface area contributed by atoms with Crippen molar-refractivity contribution in [2.45, 2.75) is 105 Å². The van der Waals surface area contributed by atoms with Gasteiger partial charge in [-0.3, -0.25) is 24.0 Å². The molecule has 0 radical (unpaired) electrons. The van der Waals surface area contributed by atoms with E-state index in [-0.39, 0.29) is 17.6 Å². The number of rotatable bonds is 7. The molecule has 1 N–H and O–H groups in total. The molecular weight excluding hydrogens is 636 g/mol. The first kappa shape index (κ1) is 39.1. The summed E-state index contributed by atoms with van der Waals surface area (Å²) in [6.45, 7) is 17.4. The maximum Gasteiger partial charge on any atom is 0.338 e. The fraction of sp³-hybridized carbons (Fsp3) is 0.568. The highest BCUT2D eigenvalue weighted by Gasteiger charge is 2.63. The molecule has 1 aromatic rings. The second-order valence-corrected chi connectivity index (χ2v) is 13.9. The molecule has 0 aliphatic heterocycles. The van der Waals surface area contributed by atoms with Crippen LogP contribution >= 0.6 is 0 Å². The summed E-state index contributed by atoms with van der Waals surface area (Å²) in [5.41, 5.74) is -3.54. The van der Waals surface area contributed by atoms with Crippen molar-refractivity contribution in [2.24, 2.45) is 29.1 Å². The monoisotopic (exact) mass is 684 g/mol. The summed E-state index contributed by atoms with van der Waals surface area (Å²) in [5.74, 6) is -8.32. The number of Topliss-reactive ketones (excluding diaryl/α,β-unsaturated/α-hetero) is 1. The van der Waals surface area contributed by atoms with E-state index in [1.807, 2.05) is 0 Å². The first-order chi connectivity index (χ1) is 22.7. The maximum atomic E-state index is 14.3. The van der Waals surface area contributed by atoms with E-state index in [2.05, 4.69) is 6.58 Å². The molecule has 1 saturated carbocycles. The van der Waals surface area contributed by atoms with Gasteiger partial charge in [-0.15, -0.1) is 0 Å². The summed E-state index contributed by atoms with van der Waals surface area (Å²) in [6, 6.07) is 7.88. The molecule has 9 atom stereocenters. The van der Waals surface area contributed by atoms with Crippen LogP contribution in [0.25, 0.3) is 0 Å². The average molecular weight is 685 g/mol. The van der Waals surface area contributed by atoms with Gasteiger partial charge in [0, 0.05) is 37.7 Å². The molecule has 12 heteroatoms. The zero-order chi connectivity index (χ0) is 37.0.